The molecule has 3 aliphatic rings. The molecule has 29 nitrogen and oxygen atoms in total. The van der Waals surface area contributed by atoms with E-state index in [4.69, 9.17) is 25.5 Å². The quantitative estimate of drug-likeness (QED) is 0.0476. The first-order valence-corrected chi connectivity index (χ1v) is 20.3. The van der Waals surface area contributed by atoms with Crippen LogP contribution in [0.15, 0.2) is 22.2 Å². The number of hydrogen-bond acceptors (Lipinski definition) is 20. The number of morpholine rings is 1. The van der Waals surface area contributed by atoms with Gasteiger partial charge in [-0.1, -0.05) is 4.98 Å². The van der Waals surface area contributed by atoms with Crippen LogP contribution in [0.5, 0.6) is 0 Å². The number of phosphoric acid groups is 3. The summed E-state index contributed by atoms with van der Waals surface area (Å²) in [4.78, 5) is 85.5. The number of nitrogens with one attached hydrogen (secondary N) is 2. The van der Waals surface area contributed by atoms with Gasteiger partial charge in [-0.2, -0.15) is 13.6 Å². The number of aromatic amines is 2. The molecule has 0 saturated carbocycles. The maximum atomic E-state index is 12.9. The first-order valence-electron chi connectivity index (χ1n) is 15.9. The molecular formula is C24H33N11O18P3+. The summed E-state index contributed by atoms with van der Waals surface area (Å²) < 4.78 is 71.2. The Hall–Kier alpha value is -4.02. The van der Waals surface area contributed by atoms with E-state index in [-0.39, 0.29) is 34.2 Å². The molecule has 11 atom stereocenters. The van der Waals surface area contributed by atoms with Gasteiger partial charge in [0.25, 0.3) is 17.1 Å². The van der Waals surface area contributed by atoms with E-state index >= 15 is 0 Å². The molecule has 0 aromatic carbocycles. The van der Waals surface area contributed by atoms with E-state index in [0.717, 1.165) is 15.8 Å². The third-order valence-corrected chi connectivity index (χ3v) is 13.4. The van der Waals surface area contributed by atoms with Crippen LogP contribution >= 0.6 is 23.5 Å². The topological polar surface area (TPSA) is 418 Å². The normalized spacial score (nSPS) is 30.9. The minimum atomic E-state index is -6.05. The van der Waals surface area contributed by atoms with E-state index in [1.165, 1.54) is 29.4 Å². The molecule has 7 rings (SSSR count). The Bertz CT molecular complexity index is 2510. The maximum absolute atomic E-state index is 12.9. The predicted molar refractivity (Wildman–Crippen MR) is 178 cm³/mol. The predicted octanol–water partition coefficient (Wildman–Crippen LogP) is -4.31. The zero-order valence-corrected chi connectivity index (χ0v) is 31.2. The SMILES string of the molecule is CC(=O)N1C[C@]2(COP(=O)(O)OP(=O)(O)OP(=O)(O)OC[C@H]3O[C@@H](n4cnc5c(=O)[nH]c(N)nc54)[C@@H](O)C3O)O[C@@H]([n+]3cn(C)c4c(=O)[nH]c(N)nc43)C1[C@H]2O. The van der Waals surface area contributed by atoms with E-state index in [9.17, 15) is 58.1 Å². The van der Waals surface area contributed by atoms with Crippen molar-refractivity contribution in [3.63, 3.8) is 0 Å². The average molecular weight is 857 g/mol. The van der Waals surface area contributed by atoms with Crippen LogP contribution in [0.25, 0.3) is 22.3 Å². The number of aliphatic hydroxyl groups is 3. The number of phosphoric ester groups is 2. The van der Waals surface area contributed by atoms with Gasteiger partial charge in [-0.15, -0.1) is 0 Å². The van der Waals surface area contributed by atoms with Gasteiger partial charge in [0.15, 0.2) is 23.7 Å². The Labute approximate surface area is 309 Å². The summed E-state index contributed by atoms with van der Waals surface area (Å²) in [6.45, 7) is -1.45. The van der Waals surface area contributed by atoms with E-state index in [0.29, 0.717) is 0 Å². The average Bonchev–Trinajstić information content (AvgIpc) is 3.85. The van der Waals surface area contributed by atoms with E-state index in [2.05, 4.69) is 38.1 Å². The van der Waals surface area contributed by atoms with Crippen LogP contribution < -0.4 is 27.2 Å². The number of imidazole rings is 2. The number of H-pyrrole nitrogens is 2. The number of nitrogens with zero attached hydrogens (tertiary/aromatic N) is 7. The second kappa shape index (κ2) is 13.8. The monoisotopic (exact) mass is 856 g/mol. The minimum Gasteiger partial charge on any atom is -0.388 e. The molecule has 12 N–H and O–H groups in total. The highest BCUT2D eigenvalue weighted by Crippen LogP contribution is 2.68. The molecule has 0 aliphatic carbocycles. The first kappa shape index (κ1) is 40.2. The molecule has 5 unspecified atom stereocenters. The smallest absolute Gasteiger partial charge is 0.388 e. The third-order valence-electron chi connectivity index (χ3n) is 9.13. The van der Waals surface area contributed by atoms with Gasteiger partial charge in [0.1, 0.15) is 36.1 Å². The van der Waals surface area contributed by atoms with Gasteiger partial charge in [0.2, 0.25) is 23.6 Å². The number of aryl methyl sites for hydroxylation is 1. The number of carbonyl (C=O) groups is 1. The van der Waals surface area contributed by atoms with Crippen LogP contribution in [0.2, 0.25) is 0 Å². The van der Waals surface area contributed by atoms with Crippen LogP contribution in [-0.4, -0.2) is 131 Å². The summed E-state index contributed by atoms with van der Waals surface area (Å²) >= 11 is 0. The third kappa shape index (κ3) is 7.10. The zero-order valence-electron chi connectivity index (χ0n) is 28.5. The van der Waals surface area contributed by atoms with Gasteiger partial charge in [-0.05, 0) is 0 Å². The van der Waals surface area contributed by atoms with Crippen LogP contribution in [0.3, 0.4) is 0 Å². The Morgan fingerprint density at radius 2 is 1.66 bits per heavy atom. The van der Waals surface area contributed by atoms with Crippen molar-refractivity contribution in [1.82, 2.24) is 39.0 Å². The van der Waals surface area contributed by atoms with E-state index < -0.39 is 109 Å². The van der Waals surface area contributed by atoms with Gasteiger partial charge < -0.3 is 55.8 Å². The van der Waals surface area contributed by atoms with Crippen LogP contribution in [0.1, 0.15) is 19.4 Å². The Balaban J connectivity index is 1.00. The summed E-state index contributed by atoms with van der Waals surface area (Å²) in [5, 5.41) is 32.4. The molecule has 2 bridgehead atoms. The molecule has 3 aliphatic heterocycles. The highest BCUT2D eigenvalue weighted by atomic mass is 31.3. The number of nitrogen functional groups attached to an aromatic ring is 2. The van der Waals surface area contributed by atoms with Gasteiger partial charge in [-0.3, -0.25) is 42.5 Å². The number of hydrogen-bond donors (Lipinski definition) is 10. The van der Waals surface area contributed by atoms with Crippen molar-refractivity contribution >= 4 is 63.6 Å². The Kier molecular flexibility index (Phi) is 9.92. The molecule has 32 heteroatoms. The van der Waals surface area contributed by atoms with Crippen molar-refractivity contribution in [2.45, 2.75) is 55.4 Å². The van der Waals surface area contributed by atoms with E-state index in [1.807, 2.05) is 0 Å². The lowest BCUT2D eigenvalue weighted by Crippen LogP contribution is -2.56. The Morgan fingerprint density at radius 3 is 2.34 bits per heavy atom. The largest absolute Gasteiger partial charge is 0.490 e. The number of rotatable bonds is 12. The van der Waals surface area contributed by atoms with Gasteiger partial charge >= 0.3 is 29.1 Å². The van der Waals surface area contributed by atoms with Crippen LogP contribution in [0, 0.1) is 0 Å². The standard InChI is InChI=1S/C24H32N11O18P3/c1-8(36)33-4-24(15(39)11(33)20(51-24)35-7-32(2)12-17(35)29-23(26)31-19(12)41)5-49-55(44,45)53-56(46,47)52-54(42,43)48-3-9-13(37)14(38)21(50-9)34-6-27-10-16(34)28-22(25)30-18(10)40/h6-7,9,11,13-15,20-21,37-39H,3-5H2,1-2H3,(H8-,25,26,28,29,30,31,40,41,42,43,44,45,46,47)/p+1/t9-,11?,13?,14+,15-,20-,21-,24-/m1/s1. The van der Waals surface area contributed by atoms with Gasteiger partial charge in [-0.25, -0.2) is 23.2 Å². The lowest BCUT2D eigenvalue weighted by atomic mass is 10.0. The number of ether oxygens (including phenoxy) is 2. The van der Waals surface area contributed by atoms with Crippen molar-refractivity contribution in [3.8, 4) is 0 Å². The molecule has 3 fully saturated rings. The highest BCUT2D eigenvalue weighted by Gasteiger charge is 2.67. The second-order valence-electron chi connectivity index (χ2n) is 12.9. The molecule has 0 radical (unpaired) electrons. The molecule has 7 heterocycles. The lowest BCUT2D eigenvalue weighted by molar-refractivity contribution is -0.747. The number of carbonyl (C=O) groups excluding carboxylic acids is 1. The number of fused-ring (bicyclic) bond motifs is 4. The maximum Gasteiger partial charge on any atom is 0.490 e. The number of likely N-dealkylation sites (tertiary alicyclic amines) is 1. The fraction of sp³-hybridized carbons (Fsp3) is 0.542. The molecule has 3 saturated heterocycles. The molecule has 4 aromatic heterocycles. The molecule has 306 valence electrons. The van der Waals surface area contributed by atoms with Crippen molar-refractivity contribution < 1.29 is 80.2 Å². The fourth-order valence-electron chi connectivity index (χ4n) is 6.77. The number of anilines is 2. The van der Waals surface area contributed by atoms with Crippen molar-refractivity contribution in [1.29, 1.82) is 0 Å². The summed E-state index contributed by atoms with van der Waals surface area (Å²) in [5.41, 5.74) is 7.60. The van der Waals surface area contributed by atoms with Crippen molar-refractivity contribution in [2.24, 2.45) is 7.05 Å². The number of nitrogens with two attached hydrogens (primary N) is 2. The van der Waals surface area contributed by atoms with Crippen molar-refractivity contribution in [2.75, 3.05) is 31.2 Å². The fourth-order valence-corrected chi connectivity index (χ4v) is 10.3. The summed E-state index contributed by atoms with van der Waals surface area (Å²) in [5.74, 6) is -1.15. The molecular weight excluding hydrogens is 823 g/mol. The second-order valence-corrected chi connectivity index (χ2v) is 17.5. The molecule has 1 amide bonds. The van der Waals surface area contributed by atoms with E-state index in [1.54, 1.807) is 0 Å². The van der Waals surface area contributed by atoms with Crippen LogP contribution in [-0.2, 0) is 52.7 Å². The number of amides is 1. The zero-order chi connectivity index (χ0) is 40.9. The molecule has 56 heavy (non-hydrogen) atoms. The molecule has 4 aromatic rings. The summed E-state index contributed by atoms with van der Waals surface area (Å²) in [6, 6.07) is -1.18. The van der Waals surface area contributed by atoms with Crippen LogP contribution in [0.4, 0.5) is 11.9 Å². The Morgan fingerprint density at radius 1 is 1.02 bits per heavy atom. The minimum absolute atomic E-state index is 0.0132. The highest BCUT2D eigenvalue weighted by molar-refractivity contribution is 7.66. The number of aliphatic hydroxyl groups excluding tert-OH is 3. The van der Waals surface area contributed by atoms with Gasteiger partial charge in [0.05, 0.1) is 33.1 Å². The number of aromatic nitrogens is 8. The first-order chi connectivity index (χ1) is 26.0. The van der Waals surface area contributed by atoms with Crippen molar-refractivity contribution in [3.05, 3.63) is 33.4 Å². The molecule has 0 spiro atoms. The lowest BCUT2D eigenvalue weighted by Gasteiger charge is -2.35. The summed E-state index contributed by atoms with van der Waals surface area (Å²) in [7, 11) is -16.1. The van der Waals surface area contributed by atoms with Gasteiger partial charge in [0, 0.05) is 6.92 Å². The summed E-state index contributed by atoms with van der Waals surface area (Å²) in [6.07, 6.45) is -7.26.